The molecule has 0 radical (unpaired) electrons. The predicted molar refractivity (Wildman–Crippen MR) is 109 cm³/mol. The zero-order valence-electron chi connectivity index (χ0n) is 15.8. The lowest BCUT2D eigenvalue weighted by atomic mass is 9.99. The van der Waals surface area contributed by atoms with E-state index in [-0.39, 0.29) is 5.97 Å². The van der Waals surface area contributed by atoms with Crippen molar-refractivity contribution in [3.05, 3.63) is 59.0 Å². The second-order valence-electron chi connectivity index (χ2n) is 6.35. The maximum absolute atomic E-state index is 11.7. The maximum atomic E-state index is 11.7. The van der Waals surface area contributed by atoms with Gasteiger partial charge in [0.1, 0.15) is 5.75 Å². The van der Waals surface area contributed by atoms with Gasteiger partial charge in [0.2, 0.25) is 0 Å². The lowest BCUT2D eigenvalue weighted by molar-refractivity contribution is 0.0601. The molecule has 0 bridgehead atoms. The standard InChI is InChI=1S/C21H22N2O3S/c1-13(2)14-8-9-19(25-3)17(11-14)18-12-27-21(23-18)22-16-7-5-6-15(10-16)20(24)26-4/h5-13H,1-4H3,(H,22,23). The highest BCUT2D eigenvalue weighted by molar-refractivity contribution is 7.14. The highest BCUT2D eigenvalue weighted by Crippen LogP contribution is 2.35. The Morgan fingerprint density at radius 2 is 1.96 bits per heavy atom. The largest absolute Gasteiger partial charge is 0.496 e. The number of aromatic nitrogens is 1. The highest BCUT2D eigenvalue weighted by Gasteiger charge is 2.13. The van der Waals surface area contributed by atoms with Crippen LogP contribution < -0.4 is 10.1 Å². The molecule has 1 aromatic heterocycles. The molecule has 140 valence electrons. The quantitative estimate of drug-likeness (QED) is 0.573. The van der Waals surface area contributed by atoms with Gasteiger partial charge in [-0.2, -0.15) is 0 Å². The third-order valence-corrected chi connectivity index (χ3v) is 4.96. The Kier molecular flexibility index (Phi) is 5.76. The second kappa shape index (κ2) is 8.22. The molecule has 0 amide bonds. The number of ether oxygens (including phenoxy) is 2. The molecule has 0 aliphatic heterocycles. The van der Waals surface area contributed by atoms with Gasteiger partial charge < -0.3 is 14.8 Å². The van der Waals surface area contributed by atoms with Crippen molar-refractivity contribution in [1.29, 1.82) is 0 Å². The molecule has 0 saturated carbocycles. The van der Waals surface area contributed by atoms with Crippen LogP contribution in [-0.2, 0) is 4.74 Å². The molecule has 0 fully saturated rings. The SMILES string of the molecule is COC(=O)c1cccc(Nc2nc(-c3cc(C(C)C)ccc3OC)cs2)c1. The van der Waals surface area contributed by atoms with Crippen molar-refractivity contribution in [3.8, 4) is 17.0 Å². The Hall–Kier alpha value is -2.86. The molecule has 0 unspecified atom stereocenters. The van der Waals surface area contributed by atoms with E-state index in [1.54, 1.807) is 25.3 Å². The normalized spacial score (nSPS) is 10.7. The first kappa shape index (κ1) is 18.9. The molecule has 6 heteroatoms. The number of thiazole rings is 1. The number of benzene rings is 2. The number of esters is 1. The molecule has 0 aliphatic carbocycles. The van der Waals surface area contributed by atoms with Crippen molar-refractivity contribution in [2.75, 3.05) is 19.5 Å². The summed E-state index contributed by atoms with van der Waals surface area (Å²) in [6.45, 7) is 4.32. The van der Waals surface area contributed by atoms with E-state index < -0.39 is 0 Å². The Bertz CT molecular complexity index is 950. The zero-order chi connectivity index (χ0) is 19.4. The van der Waals surface area contributed by atoms with Gasteiger partial charge in [-0.05, 0) is 41.8 Å². The number of anilines is 2. The van der Waals surface area contributed by atoms with Crippen molar-refractivity contribution in [3.63, 3.8) is 0 Å². The van der Waals surface area contributed by atoms with E-state index in [1.165, 1.54) is 24.0 Å². The smallest absolute Gasteiger partial charge is 0.337 e. The van der Waals surface area contributed by atoms with Crippen LogP contribution in [0.25, 0.3) is 11.3 Å². The van der Waals surface area contributed by atoms with Crippen molar-refractivity contribution < 1.29 is 14.3 Å². The minimum Gasteiger partial charge on any atom is -0.496 e. The van der Waals surface area contributed by atoms with Gasteiger partial charge in [-0.15, -0.1) is 11.3 Å². The first-order valence-corrected chi connectivity index (χ1v) is 9.49. The second-order valence-corrected chi connectivity index (χ2v) is 7.21. The summed E-state index contributed by atoms with van der Waals surface area (Å²) in [5.41, 5.74) is 4.33. The van der Waals surface area contributed by atoms with Crippen molar-refractivity contribution in [2.45, 2.75) is 19.8 Å². The number of methoxy groups -OCH3 is 2. The van der Waals surface area contributed by atoms with E-state index in [9.17, 15) is 4.79 Å². The van der Waals surface area contributed by atoms with Gasteiger partial charge >= 0.3 is 5.97 Å². The van der Waals surface area contributed by atoms with Gasteiger partial charge in [-0.1, -0.05) is 26.0 Å². The Labute approximate surface area is 163 Å². The predicted octanol–water partition coefficient (Wildman–Crippen LogP) is 5.47. The van der Waals surface area contributed by atoms with Crippen LogP contribution in [0, 0.1) is 0 Å². The van der Waals surface area contributed by atoms with Crippen LogP contribution in [-0.4, -0.2) is 25.2 Å². The van der Waals surface area contributed by atoms with Gasteiger partial charge in [0.15, 0.2) is 5.13 Å². The zero-order valence-corrected chi connectivity index (χ0v) is 16.6. The van der Waals surface area contributed by atoms with E-state index in [0.717, 1.165) is 27.8 Å². The minimum atomic E-state index is -0.367. The van der Waals surface area contributed by atoms with Gasteiger partial charge in [0.25, 0.3) is 0 Å². The minimum absolute atomic E-state index is 0.367. The van der Waals surface area contributed by atoms with Crippen LogP contribution in [0.3, 0.4) is 0 Å². The number of carbonyl (C=O) groups excluding carboxylic acids is 1. The van der Waals surface area contributed by atoms with Gasteiger partial charge in [0.05, 0.1) is 25.5 Å². The third kappa shape index (κ3) is 4.28. The molecular weight excluding hydrogens is 360 g/mol. The summed E-state index contributed by atoms with van der Waals surface area (Å²) in [6.07, 6.45) is 0. The van der Waals surface area contributed by atoms with E-state index in [2.05, 4.69) is 31.3 Å². The number of nitrogens with one attached hydrogen (secondary N) is 1. The molecule has 3 aromatic rings. The van der Waals surface area contributed by atoms with E-state index in [1.807, 2.05) is 17.5 Å². The molecule has 5 nitrogen and oxygen atoms in total. The third-order valence-electron chi connectivity index (χ3n) is 4.21. The maximum Gasteiger partial charge on any atom is 0.337 e. The van der Waals surface area contributed by atoms with Crippen LogP contribution in [0.2, 0.25) is 0 Å². The van der Waals surface area contributed by atoms with Gasteiger partial charge in [-0.3, -0.25) is 0 Å². The summed E-state index contributed by atoms with van der Waals surface area (Å²) in [6, 6.07) is 13.3. The van der Waals surface area contributed by atoms with Crippen molar-refractivity contribution in [2.24, 2.45) is 0 Å². The van der Waals surface area contributed by atoms with Crippen LogP contribution in [0.5, 0.6) is 5.75 Å². The molecule has 0 aliphatic rings. The number of hydrogen-bond donors (Lipinski definition) is 1. The topological polar surface area (TPSA) is 60.5 Å². The number of rotatable bonds is 6. The lowest BCUT2D eigenvalue weighted by Crippen LogP contribution is -2.01. The molecule has 3 rings (SSSR count). The van der Waals surface area contributed by atoms with Crippen LogP contribution in [0.4, 0.5) is 10.8 Å². The molecule has 2 aromatic carbocycles. The summed E-state index contributed by atoms with van der Waals surface area (Å²) in [4.78, 5) is 16.4. The van der Waals surface area contributed by atoms with Crippen LogP contribution >= 0.6 is 11.3 Å². The summed E-state index contributed by atoms with van der Waals surface area (Å²) < 4.78 is 10.3. The lowest BCUT2D eigenvalue weighted by Gasteiger charge is -2.11. The van der Waals surface area contributed by atoms with Crippen molar-refractivity contribution >= 4 is 28.1 Å². The number of carbonyl (C=O) groups is 1. The summed E-state index contributed by atoms with van der Waals surface area (Å²) in [7, 11) is 3.03. The molecule has 0 spiro atoms. The molecule has 0 atom stereocenters. The average molecular weight is 382 g/mol. The fraction of sp³-hybridized carbons (Fsp3) is 0.238. The Morgan fingerprint density at radius 3 is 2.67 bits per heavy atom. The van der Waals surface area contributed by atoms with Gasteiger partial charge in [-0.25, -0.2) is 9.78 Å². The summed E-state index contributed by atoms with van der Waals surface area (Å²) >= 11 is 1.50. The number of nitrogens with zero attached hydrogens (tertiary/aromatic N) is 1. The van der Waals surface area contributed by atoms with E-state index in [0.29, 0.717) is 11.5 Å². The van der Waals surface area contributed by atoms with Crippen molar-refractivity contribution in [1.82, 2.24) is 4.98 Å². The summed E-state index contributed by atoms with van der Waals surface area (Å²) in [5, 5.41) is 5.98. The highest BCUT2D eigenvalue weighted by atomic mass is 32.1. The average Bonchev–Trinajstić information content (AvgIpc) is 3.15. The first-order chi connectivity index (χ1) is 13.0. The Balaban J connectivity index is 1.87. The van der Waals surface area contributed by atoms with E-state index in [4.69, 9.17) is 14.5 Å². The molecule has 1 N–H and O–H groups in total. The van der Waals surface area contributed by atoms with E-state index >= 15 is 0 Å². The van der Waals surface area contributed by atoms with Crippen LogP contribution in [0.1, 0.15) is 35.7 Å². The molecular formula is C21H22N2O3S. The molecule has 27 heavy (non-hydrogen) atoms. The molecule has 0 saturated heterocycles. The summed E-state index contributed by atoms with van der Waals surface area (Å²) in [5.74, 6) is 0.851. The fourth-order valence-corrected chi connectivity index (χ4v) is 3.44. The monoisotopic (exact) mass is 382 g/mol. The van der Waals surface area contributed by atoms with Gasteiger partial charge in [0, 0.05) is 16.6 Å². The first-order valence-electron chi connectivity index (χ1n) is 8.61. The number of hydrogen-bond acceptors (Lipinski definition) is 6. The Morgan fingerprint density at radius 1 is 1.15 bits per heavy atom. The van der Waals surface area contributed by atoms with Crippen LogP contribution in [0.15, 0.2) is 47.8 Å². The molecule has 1 heterocycles. The fourth-order valence-electron chi connectivity index (χ4n) is 2.70.